The van der Waals surface area contributed by atoms with Gasteiger partial charge in [-0.15, -0.1) is 11.3 Å². The molecular formula is C18H20N2S. The van der Waals surface area contributed by atoms with E-state index in [2.05, 4.69) is 61.6 Å². The lowest BCUT2D eigenvalue weighted by Gasteiger charge is -2.13. The molecule has 0 radical (unpaired) electrons. The van der Waals surface area contributed by atoms with E-state index in [9.17, 15) is 0 Å². The lowest BCUT2D eigenvalue weighted by atomic mass is 10.1. The summed E-state index contributed by atoms with van der Waals surface area (Å²) in [6.07, 6.45) is 1.08. The molecule has 1 unspecified atom stereocenters. The van der Waals surface area contributed by atoms with E-state index in [1.165, 1.54) is 15.8 Å². The summed E-state index contributed by atoms with van der Waals surface area (Å²) < 4.78 is 1.26. The van der Waals surface area contributed by atoms with Crippen LogP contribution in [0, 0.1) is 0 Å². The molecule has 1 atom stereocenters. The fourth-order valence-corrected chi connectivity index (χ4v) is 3.49. The standard InChI is InChI=1S/C18H20N2S/c1-3-14-8-4-5-9-15(14)12-19-13(2)18-20-16-10-6-7-11-17(16)21-18/h4-11,13,19H,3,12H2,1-2H3. The van der Waals surface area contributed by atoms with Gasteiger partial charge in [-0.05, 0) is 36.6 Å². The SMILES string of the molecule is CCc1ccccc1CNC(C)c1nc2ccccc2s1. The molecule has 3 rings (SSSR count). The molecule has 3 heteroatoms. The number of benzene rings is 2. The molecule has 1 N–H and O–H groups in total. The molecule has 0 saturated heterocycles. The number of rotatable bonds is 5. The fourth-order valence-electron chi connectivity index (χ4n) is 2.50. The van der Waals surface area contributed by atoms with E-state index in [1.807, 2.05) is 6.07 Å². The van der Waals surface area contributed by atoms with Crippen molar-refractivity contribution >= 4 is 21.6 Å². The van der Waals surface area contributed by atoms with Gasteiger partial charge in [-0.1, -0.05) is 43.3 Å². The molecule has 0 spiro atoms. The number of nitrogens with zero attached hydrogens (tertiary/aromatic N) is 1. The van der Waals surface area contributed by atoms with Crippen LogP contribution in [0.1, 0.15) is 36.0 Å². The van der Waals surface area contributed by atoms with Crippen LogP contribution in [0.5, 0.6) is 0 Å². The van der Waals surface area contributed by atoms with Crippen molar-refractivity contribution in [3.05, 3.63) is 64.7 Å². The summed E-state index contributed by atoms with van der Waals surface area (Å²) in [5.41, 5.74) is 3.90. The molecule has 3 aromatic rings. The topological polar surface area (TPSA) is 24.9 Å². The maximum Gasteiger partial charge on any atom is 0.111 e. The highest BCUT2D eigenvalue weighted by molar-refractivity contribution is 7.18. The van der Waals surface area contributed by atoms with Gasteiger partial charge in [0.1, 0.15) is 5.01 Å². The molecule has 0 saturated carbocycles. The first-order valence-electron chi connectivity index (χ1n) is 7.43. The third-order valence-electron chi connectivity index (χ3n) is 3.78. The first-order chi connectivity index (χ1) is 10.3. The van der Waals surface area contributed by atoms with Gasteiger partial charge < -0.3 is 5.32 Å². The van der Waals surface area contributed by atoms with Crippen LogP contribution >= 0.6 is 11.3 Å². The predicted molar refractivity (Wildman–Crippen MR) is 90.7 cm³/mol. The van der Waals surface area contributed by atoms with Crippen molar-refractivity contribution < 1.29 is 0 Å². The molecule has 0 aliphatic heterocycles. The zero-order valence-corrected chi connectivity index (χ0v) is 13.3. The summed E-state index contributed by atoms with van der Waals surface area (Å²) >= 11 is 1.78. The largest absolute Gasteiger partial charge is 0.304 e. The summed E-state index contributed by atoms with van der Waals surface area (Å²) in [6.45, 7) is 5.28. The third-order valence-corrected chi connectivity index (χ3v) is 5.00. The van der Waals surface area contributed by atoms with Crippen LogP contribution in [0.3, 0.4) is 0 Å². The van der Waals surface area contributed by atoms with E-state index >= 15 is 0 Å². The second kappa shape index (κ2) is 6.37. The van der Waals surface area contributed by atoms with Crippen LogP contribution in [0.15, 0.2) is 48.5 Å². The molecule has 108 valence electrons. The van der Waals surface area contributed by atoms with E-state index in [4.69, 9.17) is 4.98 Å². The van der Waals surface area contributed by atoms with Gasteiger partial charge in [0.15, 0.2) is 0 Å². The van der Waals surface area contributed by atoms with Crippen molar-refractivity contribution in [1.82, 2.24) is 10.3 Å². The molecule has 0 aliphatic carbocycles. The van der Waals surface area contributed by atoms with Gasteiger partial charge in [-0.3, -0.25) is 0 Å². The van der Waals surface area contributed by atoms with Crippen LogP contribution in [-0.2, 0) is 13.0 Å². The number of nitrogens with one attached hydrogen (secondary N) is 1. The summed E-state index contributed by atoms with van der Waals surface area (Å²) in [4.78, 5) is 4.72. The molecule has 1 heterocycles. The number of aryl methyl sites for hydroxylation is 1. The number of hydrogen-bond donors (Lipinski definition) is 1. The van der Waals surface area contributed by atoms with Gasteiger partial charge in [0.25, 0.3) is 0 Å². The van der Waals surface area contributed by atoms with Gasteiger partial charge in [-0.25, -0.2) is 4.98 Å². The van der Waals surface area contributed by atoms with Crippen molar-refractivity contribution in [2.45, 2.75) is 32.9 Å². The summed E-state index contributed by atoms with van der Waals surface area (Å²) in [5, 5.41) is 4.76. The van der Waals surface area contributed by atoms with Crippen LogP contribution in [0.25, 0.3) is 10.2 Å². The normalized spacial score (nSPS) is 12.7. The highest BCUT2D eigenvalue weighted by Crippen LogP contribution is 2.26. The highest BCUT2D eigenvalue weighted by Gasteiger charge is 2.11. The second-order valence-corrected chi connectivity index (χ2v) is 6.31. The molecule has 2 aromatic carbocycles. The number of thiazole rings is 1. The van der Waals surface area contributed by atoms with Gasteiger partial charge in [0, 0.05) is 6.54 Å². The molecule has 0 amide bonds. The summed E-state index contributed by atoms with van der Waals surface area (Å²) in [7, 11) is 0. The Balaban J connectivity index is 1.72. The minimum Gasteiger partial charge on any atom is -0.304 e. The molecule has 2 nitrogen and oxygen atoms in total. The van der Waals surface area contributed by atoms with Crippen LogP contribution in [-0.4, -0.2) is 4.98 Å². The minimum atomic E-state index is 0.271. The Labute approximate surface area is 129 Å². The molecule has 0 fully saturated rings. The van der Waals surface area contributed by atoms with Crippen LogP contribution in [0.2, 0.25) is 0 Å². The average molecular weight is 296 g/mol. The molecule has 0 aliphatic rings. The van der Waals surface area contributed by atoms with E-state index < -0.39 is 0 Å². The van der Waals surface area contributed by atoms with E-state index in [0.717, 1.165) is 23.5 Å². The number of hydrogen-bond acceptors (Lipinski definition) is 3. The number of para-hydroxylation sites is 1. The van der Waals surface area contributed by atoms with E-state index in [0.29, 0.717) is 0 Å². The monoisotopic (exact) mass is 296 g/mol. The molecule has 0 bridgehead atoms. The quantitative estimate of drug-likeness (QED) is 0.737. The lowest BCUT2D eigenvalue weighted by molar-refractivity contribution is 0.570. The van der Waals surface area contributed by atoms with Gasteiger partial charge >= 0.3 is 0 Å². The maximum absolute atomic E-state index is 4.72. The zero-order chi connectivity index (χ0) is 14.7. The Morgan fingerprint density at radius 1 is 1.05 bits per heavy atom. The molecule has 21 heavy (non-hydrogen) atoms. The Morgan fingerprint density at radius 3 is 2.52 bits per heavy atom. The molecular weight excluding hydrogens is 276 g/mol. The van der Waals surface area contributed by atoms with Crippen LogP contribution < -0.4 is 5.32 Å². The second-order valence-electron chi connectivity index (χ2n) is 5.24. The first kappa shape index (κ1) is 14.2. The number of fused-ring (bicyclic) bond motifs is 1. The Kier molecular flexibility index (Phi) is 4.32. The molecule has 1 aromatic heterocycles. The Morgan fingerprint density at radius 2 is 1.76 bits per heavy atom. The van der Waals surface area contributed by atoms with Crippen molar-refractivity contribution in [3.63, 3.8) is 0 Å². The van der Waals surface area contributed by atoms with Gasteiger partial charge in [0.2, 0.25) is 0 Å². The highest BCUT2D eigenvalue weighted by atomic mass is 32.1. The van der Waals surface area contributed by atoms with Crippen molar-refractivity contribution in [2.24, 2.45) is 0 Å². The maximum atomic E-state index is 4.72. The Hall–Kier alpha value is -1.71. The zero-order valence-electron chi connectivity index (χ0n) is 12.5. The van der Waals surface area contributed by atoms with Gasteiger partial charge in [0.05, 0.1) is 16.3 Å². The van der Waals surface area contributed by atoms with Gasteiger partial charge in [-0.2, -0.15) is 0 Å². The summed E-state index contributed by atoms with van der Waals surface area (Å²) in [5.74, 6) is 0. The van der Waals surface area contributed by atoms with Crippen LogP contribution in [0.4, 0.5) is 0 Å². The van der Waals surface area contributed by atoms with Crippen molar-refractivity contribution in [3.8, 4) is 0 Å². The van der Waals surface area contributed by atoms with E-state index in [-0.39, 0.29) is 6.04 Å². The Bertz CT molecular complexity index is 700. The minimum absolute atomic E-state index is 0.271. The predicted octanol–water partition coefficient (Wildman–Crippen LogP) is 4.71. The van der Waals surface area contributed by atoms with Crippen molar-refractivity contribution in [2.75, 3.05) is 0 Å². The summed E-state index contributed by atoms with van der Waals surface area (Å²) in [6, 6.07) is 17.2. The van der Waals surface area contributed by atoms with Crippen molar-refractivity contribution in [1.29, 1.82) is 0 Å². The van der Waals surface area contributed by atoms with E-state index in [1.54, 1.807) is 11.3 Å². The fraction of sp³-hybridized carbons (Fsp3) is 0.278. The lowest BCUT2D eigenvalue weighted by Crippen LogP contribution is -2.18. The number of aromatic nitrogens is 1. The third kappa shape index (κ3) is 3.14. The smallest absolute Gasteiger partial charge is 0.111 e. The average Bonchev–Trinajstić information content (AvgIpc) is 2.97. The first-order valence-corrected chi connectivity index (χ1v) is 8.25.